The molecule has 0 radical (unpaired) electrons. The molecule has 2 aromatic rings. The zero-order valence-corrected chi connectivity index (χ0v) is 13.6. The van der Waals surface area contributed by atoms with Crippen molar-refractivity contribution in [3.8, 4) is 0 Å². The molecular formula is C23H18O. The standard InChI is InChI=1S/C23H18O/c1-17-16-20(18-10-4-2-5-11-18)22(19-12-6-3-7-13-19)23(17)15-9-8-14-21(23)24/h2-16H,1H3/t23-/m1/s1. The summed E-state index contributed by atoms with van der Waals surface area (Å²) in [6.45, 7) is 2.06. The molecule has 0 aliphatic heterocycles. The van der Waals surface area contributed by atoms with E-state index in [0.29, 0.717) is 0 Å². The zero-order chi connectivity index (χ0) is 16.6. The van der Waals surface area contributed by atoms with Crippen LogP contribution in [0.5, 0.6) is 0 Å². The topological polar surface area (TPSA) is 17.1 Å². The molecule has 4 rings (SSSR count). The van der Waals surface area contributed by atoms with Gasteiger partial charge in [-0.15, -0.1) is 0 Å². The van der Waals surface area contributed by atoms with Crippen LogP contribution in [-0.2, 0) is 4.79 Å². The quantitative estimate of drug-likeness (QED) is 0.741. The van der Waals surface area contributed by atoms with Gasteiger partial charge in [0.2, 0.25) is 0 Å². The third kappa shape index (κ3) is 2.05. The third-order valence-electron chi connectivity index (χ3n) is 4.89. The highest BCUT2D eigenvalue weighted by Gasteiger charge is 2.45. The number of rotatable bonds is 2. The highest BCUT2D eigenvalue weighted by atomic mass is 16.1. The van der Waals surface area contributed by atoms with Gasteiger partial charge in [0.05, 0.1) is 5.41 Å². The van der Waals surface area contributed by atoms with Gasteiger partial charge in [0.1, 0.15) is 0 Å². The second-order valence-electron chi connectivity index (χ2n) is 6.24. The summed E-state index contributed by atoms with van der Waals surface area (Å²) in [4.78, 5) is 13.0. The Balaban J connectivity index is 2.04. The molecule has 2 aromatic carbocycles. The average Bonchev–Trinajstić information content (AvgIpc) is 2.92. The molecule has 24 heavy (non-hydrogen) atoms. The largest absolute Gasteiger partial charge is 0.293 e. The van der Waals surface area contributed by atoms with Crippen LogP contribution in [0.4, 0.5) is 0 Å². The van der Waals surface area contributed by atoms with E-state index in [1.165, 1.54) is 0 Å². The molecule has 0 heterocycles. The number of carbonyl (C=O) groups excluding carboxylic acids is 1. The SMILES string of the molecule is CC1=CC(c2ccccc2)=C(c2ccccc2)[C@]12C=CC=CC2=O. The lowest BCUT2D eigenvalue weighted by Gasteiger charge is -2.31. The van der Waals surface area contributed by atoms with E-state index in [4.69, 9.17) is 0 Å². The second kappa shape index (κ2) is 5.61. The van der Waals surface area contributed by atoms with E-state index in [2.05, 4.69) is 37.3 Å². The first-order chi connectivity index (χ1) is 11.7. The molecule has 1 spiro atoms. The molecular weight excluding hydrogens is 292 g/mol. The molecule has 1 atom stereocenters. The normalized spacial score (nSPS) is 22.4. The molecule has 2 aliphatic carbocycles. The fourth-order valence-corrected chi connectivity index (χ4v) is 3.73. The van der Waals surface area contributed by atoms with Gasteiger partial charge in [-0.1, -0.05) is 90.5 Å². The van der Waals surface area contributed by atoms with Gasteiger partial charge in [-0.3, -0.25) is 4.79 Å². The van der Waals surface area contributed by atoms with Crippen molar-refractivity contribution < 1.29 is 4.79 Å². The van der Waals surface area contributed by atoms with Crippen LogP contribution in [0.2, 0.25) is 0 Å². The van der Waals surface area contributed by atoms with E-state index in [9.17, 15) is 4.79 Å². The summed E-state index contributed by atoms with van der Waals surface area (Å²) >= 11 is 0. The van der Waals surface area contributed by atoms with Crippen molar-refractivity contribution in [1.29, 1.82) is 0 Å². The van der Waals surface area contributed by atoms with Crippen molar-refractivity contribution in [2.24, 2.45) is 5.41 Å². The first-order valence-corrected chi connectivity index (χ1v) is 8.18. The van der Waals surface area contributed by atoms with E-state index >= 15 is 0 Å². The number of ketones is 1. The van der Waals surface area contributed by atoms with E-state index < -0.39 is 5.41 Å². The highest BCUT2D eigenvalue weighted by Crippen LogP contribution is 2.53. The first kappa shape index (κ1) is 14.6. The number of allylic oxidation sites excluding steroid dienone is 8. The maximum Gasteiger partial charge on any atom is 0.174 e. The van der Waals surface area contributed by atoms with Gasteiger partial charge in [0, 0.05) is 0 Å². The Morgan fingerprint density at radius 1 is 0.792 bits per heavy atom. The molecule has 0 saturated carbocycles. The second-order valence-corrected chi connectivity index (χ2v) is 6.24. The van der Waals surface area contributed by atoms with Gasteiger partial charge in [0.25, 0.3) is 0 Å². The minimum absolute atomic E-state index is 0.128. The van der Waals surface area contributed by atoms with E-state index in [1.807, 2.05) is 54.6 Å². The Labute approximate surface area is 142 Å². The van der Waals surface area contributed by atoms with Gasteiger partial charge < -0.3 is 0 Å². The lowest BCUT2D eigenvalue weighted by atomic mass is 9.69. The van der Waals surface area contributed by atoms with Crippen molar-refractivity contribution in [2.45, 2.75) is 6.92 Å². The van der Waals surface area contributed by atoms with Crippen molar-refractivity contribution in [1.82, 2.24) is 0 Å². The lowest BCUT2D eigenvalue weighted by molar-refractivity contribution is -0.118. The molecule has 0 saturated heterocycles. The Kier molecular flexibility index (Phi) is 3.42. The summed E-state index contributed by atoms with van der Waals surface area (Å²) < 4.78 is 0. The van der Waals surface area contributed by atoms with Crippen LogP contribution >= 0.6 is 0 Å². The maximum atomic E-state index is 13.0. The molecule has 0 fully saturated rings. The van der Waals surface area contributed by atoms with Gasteiger partial charge in [-0.05, 0) is 35.3 Å². The molecule has 0 bridgehead atoms. The Bertz CT molecular complexity index is 911. The van der Waals surface area contributed by atoms with Crippen LogP contribution in [0.15, 0.2) is 96.6 Å². The van der Waals surface area contributed by atoms with Crippen LogP contribution in [0.3, 0.4) is 0 Å². The van der Waals surface area contributed by atoms with Crippen molar-refractivity contribution in [3.05, 3.63) is 108 Å². The molecule has 1 heteroatoms. The average molecular weight is 310 g/mol. The molecule has 116 valence electrons. The number of carbonyl (C=O) groups is 1. The predicted octanol–water partition coefficient (Wildman–Crippen LogP) is 5.24. The summed E-state index contributed by atoms with van der Waals surface area (Å²) in [5.41, 5.74) is 4.85. The number of benzene rings is 2. The molecule has 0 unspecified atom stereocenters. The van der Waals surface area contributed by atoms with Crippen molar-refractivity contribution in [3.63, 3.8) is 0 Å². The van der Waals surface area contributed by atoms with Gasteiger partial charge >= 0.3 is 0 Å². The smallest absolute Gasteiger partial charge is 0.174 e. The lowest BCUT2D eigenvalue weighted by Crippen LogP contribution is -2.30. The van der Waals surface area contributed by atoms with E-state index in [0.717, 1.165) is 27.8 Å². The first-order valence-electron chi connectivity index (χ1n) is 8.18. The van der Waals surface area contributed by atoms with Crippen molar-refractivity contribution >= 4 is 16.9 Å². The van der Waals surface area contributed by atoms with E-state index in [-0.39, 0.29) is 5.78 Å². The molecule has 0 N–H and O–H groups in total. The van der Waals surface area contributed by atoms with Crippen LogP contribution < -0.4 is 0 Å². The number of hydrogen-bond donors (Lipinski definition) is 0. The fraction of sp³-hybridized carbons (Fsp3) is 0.0870. The summed E-state index contributed by atoms with van der Waals surface area (Å²) in [5, 5.41) is 0. The molecule has 0 aromatic heterocycles. The minimum Gasteiger partial charge on any atom is -0.293 e. The van der Waals surface area contributed by atoms with Crippen LogP contribution in [-0.4, -0.2) is 5.78 Å². The fourth-order valence-electron chi connectivity index (χ4n) is 3.73. The summed E-state index contributed by atoms with van der Waals surface area (Å²) in [7, 11) is 0. The monoisotopic (exact) mass is 310 g/mol. The minimum atomic E-state index is -0.679. The molecule has 1 nitrogen and oxygen atoms in total. The molecule has 2 aliphatic rings. The predicted molar refractivity (Wildman–Crippen MR) is 99.2 cm³/mol. The van der Waals surface area contributed by atoms with Crippen LogP contribution in [0.25, 0.3) is 11.1 Å². The maximum absolute atomic E-state index is 13.0. The third-order valence-corrected chi connectivity index (χ3v) is 4.89. The van der Waals surface area contributed by atoms with Gasteiger partial charge in [-0.2, -0.15) is 0 Å². The highest BCUT2D eigenvalue weighted by molar-refractivity contribution is 6.18. The summed E-state index contributed by atoms with van der Waals surface area (Å²) in [5.74, 6) is 0.128. The zero-order valence-electron chi connectivity index (χ0n) is 13.6. The Morgan fingerprint density at radius 2 is 1.42 bits per heavy atom. The van der Waals surface area contributed by atoms with Crippen LogP contribution in [0.1, 0.15) is 18.1 Å². The molecule has 0 amide bonds. The summed E-state index contributed by atoms with van der Waals surface area (Å²) in [6, 6.07) is 20.5. The number of hydrogen-bond acceptors (Lipinski definition) is 1. The van der Waals surface area contributed by atoms with Crippen molar-refractivity contribution in [2.75, 3.05) is 0 Å². The van der Waals surface area contributed by atoms with E-state index in [1.54, 1.807) is 6.08 Å². The van der Waals surface area contributed by atoms with Gasteiger partial charge in [-0.25, -0.2) is 0 Å². The van der Waals surface area contributed by atoms with Gasteiger partial charge in [0.15, 0.2) is 5.78 Å². The Hall–Kier alpha value is -2.93. The summed E-state index contributed by atoms with van der Waals surface area (Å²) in [6.07, 6.45) is 9.70. The van der Waals surface area contributed by atoms with Crippen LogP contribution in [0, 0.1) is 5.41 Å². The Morgan fingerprint density at radius 3 is 2.04 bits per heavy atom.